The normalized spacial score (nSPS) is 11.8. The Hall–Kier alpha value is -0.130. The zero-order chi connectivity index (χ0) is 9.45. The van der Waals surface area contributed by atoms with Crippen LogP contribution in [-0.4, -0.2) is 34.3 Å². The molecule has 12 heavy (non-hydrogen) atoms. The van der Waals surface area contributed by atoms with Crippen LogP contribution < -0.4 is 10.0 Å². The van der Waals surface area contributed by atoms with Gasteiger partial charge in [-0.1, -0.05) is 6.92 Å². The van der Waals surface area contributed by atoms with E-state index >= 15 is 0 Å². The number of nitrogens with one attached hydrogen (secondary N) is 2. The summed E-state index contributed by atoms with van der Waals surface area (Å²) in [5, 5.41) is 2.95. The van der Waals surface area contributed by atoms with E-state index in [1.54, 1.807) is 0 Å². The summed E-state index contributed by atoms with van der Waals surface area (Å²) in [5.74, 6) is 0.229. The first kappa shape index (κ1) is 11.9. The lowest BCUT2D eigenvalue weighted by molar-refractivity contribution is 0.576. The van der Waals surface area contributed by atoms with Gasteiger partial charge in [0.25, 0.3) is 0 Å². The first-order valence-electron chi connectivity index (χ1n) is 4.24. The average molecular weight is 194 g/mol. The molecule has 0 radical (unpaired) electrons. The zero-order valence-electron chi connectivity index (χ0n) is 7.76. The van der Waals surface area contributed by atoms with Crippen molar-refractivity contribution in [2.45, 2.75) is 19.8 Å². The highest BCUT2D eigenvalue weighted by Gasteiger charge is 2.05. The van der Waals surface area contributed by atoms with Gasteiger partial charge in [0, 0.05) is 6.54 Å². The van der Waals surface area contributed by atoms with Crippen molar-refractivity contribution in [3.63, 3.8) is 0 Å². The van der Waals surface area contributed by atoms with Crippen LogP contribution in [-0.2, 0) is 10.0 Å². The summed E-state index contributed by atoms with van der Waals surface area (Å²) in [6.45, 7) is 3.23. The maximum Gasteiger partial charge on any atom is 0.211 e. The van der Waals surface area contributed by atoms with Crippen molar-refractivity contribution < 1.29 is 8.42 Å². The average Bonchev–Trinajstić information content (AvgIpc) is 1.98. The summed E-state index contributed by atoms with van der Waals surface area (Å²) in [6, 6.07) is 0. The van der Waals surface area contributed by atoms with Crippen LogP contribution in [0.5, 0.6) is 0 Å². The monoisotopic (exact) mass is 194 g/mol. The lowest BCUT2D eigenvalue weighted by atomic mass is 10.4. The van der Waals surface area contributed by atoms with Gasteiger partial charge in [0.15, 0.2) is 0 Å². The van der Waals surface area contributed by atoms with Crippen molar-refractivity contribution in [3.05, 3.63) is 0 Å². The van der Waals surface area contributed by atoms with Gasteiger partial charge < -0.3 is 5.32 Å². The molecule has 2 N–H and O–H groups in total. The molecule has 0 aromatic carbocycles. The molecule has 0 spiro atoms. The molecule has 0 aromatic rings. The maximum atomic E-state index is 11.1. The quantitative estimate of drug-likeness (QED) is 0.558. The summed E-state index contributed by atoms with van der Waals surface area (Å²) < 4.78 is 24.7. The van der Waals surface area contributed by atoms with Gasteiger partial charge in [-0.15, -0.1) is 0 Å². The molecular formula is C7H18N2O2S. The highest BCUT2D eigenvalue weighted by atomic mass is 32.2. The molecular weight excluding hydrogens is 176 g/mol. The first-order chi connectivity index (χ1) is 5.62. The Kier molecular flexibility index (Phi) is 6.32. The predicted molar refractivity (Wildman–Crippen MR) is 50.6 cm³/mol. The van der Waals surface area contributed by atoms with Crippen LogP contribution in [0.15, 0.2) is 0 Å². The molecule has 0 aliphatic carbocycles. The van der Waals surface area contributed by atoms with E-state index in [0.29, 0.717) is 13.0 Å². The third-order valence-corrected chi connectivity index (χ3v) is 2.99. The summed E-state index contributed by atoms with van der Waals surface area (Å²) in [7, 11) is -1.14. The lowest BCUT2D eigenvalue weighted by Gasteiger charge is -2.04. The topological polar surface area (TPSA) is 58.2 Å². The summed E-state index contributed by atoms with van der Waals surface area (Å²) in [5.41, 5.74) is 0. The Balaban J connectivity index is 3.48. The number of hydrogen-bond donors (Lipinski definition) is 2. The zero-order valence-corrected chi connectivity index (χ0v) is 8.58. The van der Waals surface area contributed by atoms with Crippen molar-refractivity contribution in [1.29, 1.82) is 0 Å². The molecule has 0 rings (SSSR count). The standard InChI is InChI=1S/C7H18N2O2S/c1-3-7-12(10,11)9-6-4-5-8-2/h8-9H,3-7H2,1-2H3. The molecule has 0 fully saturated rings. The molecule has 0 saturated heterocycles. The molecule has 0 aromatic heterocycles. The minimum Gasteiger partial charge on any atom is -0.320 e. The maximum absolute atomic E-state index is 11.1. The van der Waals surface area contributed by atoms with Crippen molar-refractivity contribution in [1.82, 2.24) is 10.0 Å². The molecule has 0 unspecified atom stereocenters. The van der Waals surface area contributed by atoms with Crippen LogP contribution in [0.3, 0.4) is 0 Å². The van der Waals surface area contributed by atoms with Crippen LogP contribution in [0.1, 0.15) is 19.8 Å². The van der Waals surface area contributed by atoms with E-state index in [1.807, 2.05) is 14.0 Å². The first-order valence-corrected chi connectivity index (χ1v) is 5.89. The Morgan fingerprint density at radius 2 is 1.92 bits per heavy atom. The molecule has 0 aliphatic rings. The molecule has 0 saturated carbocycles. The van der Waals surface area contributed by atoms with E-state index in [4.69, 9.17) is 0 Å². The third kappa shape index (κ3) is 6.57. The molecule has 74 valence electrons. The molecule has 0 atom stereocenters. The smallest absolute Gasteiger partial charge is 0.211 e. The molecule has 5 heteroatoms. The molecule has 0 aliphatic heterocycles. The van der Waals surface area contributed by atoms with Gasteiger partial charge >= 0.3 is 0 Å². The fraction of sp³-hybridized carbons (Fsp3) is 1.00. The highest BCUT2D eigenvalue weighted by Crippen LogP contribution is 1.87. The van der Waals surface area contributed by atoms with Gasteiger partial charge in [-0.2, -0.15) is 0 Å². The van der Waals surface area contributed by atoms with Crippen molar-refractivity contribution in [2.24, 2.45) is 0 Å². The number of hydrogen-bond acceptors (Lipinski definition) is 3. The van der Waals surface area contributed by atoms with Crippen LogP contribution in [0, 0.1) is 0 Å². The Bertz CT molecular complexity index is 190. The van der Waals surface area contributed by atoms with Gasteiger partial charge in [0.2, 0.25) is 10.0 Å². The summed E-state index contributed by atoms with van der Waals surface area (Å²) in [6.07, 6.45) is 1.50. The van der Waals surface area contributed by atoms with E-state index in [-0.39, 0.29) is 5.75 Å². The molecule has 0 amide bonds. The second-order valence-electron chi connectivity index (χ2n) is 2.67. The molecule has 0 bridgehead atoms. The van der Waals surface area contributed by atoms with Crippen molar-refractivity contribution in [3.8, 4) is 0 Å². The molecule has 4 nitrogen and oxygen atoms in total. The van der Waals surface area contributed by atoms with E-state index in [0.717, 1.165) is 13.0 Å². The predicted octanol–water partition coefficient (Wildman–Crippen LogP) is -0.0747. The van der Waals surface area contributed by atoms with Gasteiger partial charge in [-0.3, -0.25) is 0 Å². The fourth-order valence-corrected chi connectivity index (χ4v) is 1.97. The van der Waals surface area contributed by atoms with Gasteiger partial charge in [-0.25, -0.2) is 13.1 Å². The summed E-state index contributed by atoms with van der Waals surface area (Å²) in [4.78, 5) is 0. The largest absolute Gasteiger partial charge is 0.320 e. The third-order valence-electron chi connectivity index (χ3n) is 1.40. The Morgan fingerprint density at radius 1 is 1.25 bits per heavy atom. The molecule has 0 heterocycles. The summed E-state index contributed by atoms with van der Waals surface area (Å²) >= 11 is 0. The van der Waals surface area contributed by atoms with E-state index < -0.39 is 10.0 Å². The Labute approximate surface area is 74.8 Å². The van der Waals surface area contributed by atoms with Gasteiger partial charge in [0.05, 0.1) is 5.75 Å². The van der Waals surface area contributed by atoms with Gasteiger partial charge in [-0.05, 0) is 26.4 Å². The van der Waals surface area contributed by atoms with E-state index in [1.165, 1.54) is 0 Å². The van der Waals surface area contributed by atoms with Crippen molar-refractivity contribution >= 4 is 10.0 Å². The van der Waals surface area contributed by atoms with E-state index in [2.05, 4.69) is 10.0 Å². The van der Waals surface area contributed by atoms with Crippen molar-refractivity contribution in [2.75, 3.05) is 25.9 Å². The van der Waals surface area contributed by atoms with Crippen LogP contribution >= 0.6 is 0 Å². The number of sulfonamides is 1. The van der Waals surface area contributed by atoms with E-state index in [9.17, 15) is 8.42 Å². The van der Waals surface area contributed by atoms with Crippen LogP contribution in [0.4, 0.5) is 0 Å². The fourth-order valence-electron chi connectivity index (χ4n) is 0.834. The number of rotatable bonds is 7. The SMILES string of the molecule is CCCS(=O)(=O)NCCCNC. The van der Waals surface area contributed by atoms with Crippen LogP contribution in [0.25, 0.3) is 0 Å². The lowest BCUT2D eigenvalue weighted by Crippen LogP contribution is -2.28. The van der Waals surface area contributed by atoms with Gasteiger partial charge in [0.1, 0.15) is 0 Å². The minimum atomic E-state index is -2.99. The highest BCUT2D eigenvalue weighted by molar-refractivity contribution is 7.89. The van der Waals surface area contributed by atoms with Crippen LogP contribution in [0.2, 0.25) is 0 Å². The second-order valence-corrected chi connectivity index (χ2v) is 4.60. The Morgan fingerprint density at radius 3 is 2.42 bits per heavy atom. The second kappa shape index (κ2) is 6.39. The minimum absolute atomic E-state index is 0.229.